The van der Waals surface area contributed by atoms with E-state index in [4.69, 9.17) is 37.0 Å². The zero-order chi connectivity index (χ0) is 82.0. The van der Waals surface area contributed by atoms with Crippen LogP contribution in [0.25, 0.3) is 0 Å². The fraction of sp³-hybridized carbons (Fsp3) is 0.957. The molecule has 6 atom stereocenters. The van der Waals surface area contributed by atoms with Crippen LogP contribution in [0.3, 0.4) is 0 Å². The second-order valence-corrected chi connectivity index (χ2v) is 37.0. The Bertz CT molecular complexity index is 2130. The highest BCUT2D eigenvalue weighted by molar-refractivity contribution is 7.47. The van der Waals surface area contributed by atoms with Crippen molar-refractivity contribution in [3.63, 3.8) is 0 Å². The minimum Gasteiger partial charge on any atom is -0.462 e. The number of rotatable bonds is 92. The predicted molar refractivity (Wildman–Crippen MR) is 465 cm³/mol. The first kappa shape index (κ1) is 110. The molecule has 0 rings (SSSR count). The van der Waals surface area contributed by atoms with Crippen molar-refractivity contribution in [3.05, 3.63) is 0 Å². The van der Waals surface area contributed by atoms with E-state index in [9.17, 15) is 43.2 Å². The van der Waals surface area contributed by atoms with Gasteiger partial charge in [-0.3, -0.25) is 37.3 Å². The second-order valence-electron chi connectivity index (χ2n) is 34.1. The van der Waals surface area contributed by atoms with Gasteiger partial charge in [0.15, 0.2) is 12.2 Å². The molecule has 0 spiro atoms. The van der Waals surface area contributed by atoms with Gasteiger partial charge in [0, 0.05) is 25.7 Å². The highest BCUT2D eigenvalue weighted by atomic mass is 31.2. The van der Waals surface area contributed by atoms with Crippen LogP contribution in [-0.2, 0) is 65.4 Å². The third-order valence-corrected chi connectivity index (χ3v) is 24.2. The molecule has 0 aromatic heterocycles. The average molecular weight is 1630 g/mol. The third kappa shape index (κ3) is 84.5. The molecule has 0 amide bonds. The number of aliphatic hydroxyl groups is 1. The molecule has 0 bridgehead atoms. The van der Waals surface area contributed by atoms with Gasteiger partial charge in [-0.25, -0.2) is 9.13 Å². The summed E-state index contributed by atoms with van der Waals surface area (Å²) >= 11 is 0. The lowest BCUT2D eigenvalue weighted by molar-refractivity contribution is -0.161. The van der Waals surface area contributed by atoms with Gasteiger partial charge >= 0.3 is 39.5 Å². The summed E-state index contributed by atoms with van der Waals surface area (Å²) in [4.78, 5) is 73.3. The van der Waals surface area contributed by atoms with E-state index < -0.39 is 97.5 Å². The molecule has 0 aliphatic rings. The van der Waals surface area contributed by atoms with Crippen LogP contribution in [0.5, 0.6) is 0 Å². The SMILES string of the molecule is CCCCCCCCCCCCCCCCCCCCCCCCC(=O)OC[C@H](COP(=O)(O)OC[C@@H](O)COP(=O)(O)OC[C@@H](COC(=O)CCCCCCCCC)OC(=O)CCCCCCCCCCCCCCCCCCCCC(C)C)OC(=O)CCCCCCCCCCCCCCCCCCCCC(C)CC. The molecule has 3 N–H and O–H groups in total. The molecule has 0 aromatic carbocycles. The molecule has 0 aliphatic carbocycles. The van der Waals surface area contributed by atoms with Crippen LogP contribution in [0.1, 0.15) is 504 Å². The molecule has 19 heteroatoms. The quantitative estimate of drug-likeness (QED) is 0.0222. The highest BCUT2D eigenvalue weighted by Crippen LogP contribution is 2.45. The normalized spacial score (nSPS) is 13.9. The number of phosphoric acid groups is 2. The topological polar surface area (TPSA) is 237 Å². The Hall–Kier alpha value is -1.94. The first-order chi connectivity index (χ1) is 54.4. The number of carbonyl (C=O) groups excluding carboxylic acids is 4. The number of aliphatic hydroxyl groups excluding tert-OH is 1. The molecule has 112 heavy (non-hydrogen) atoms. The fourth-order valence-electron chi connectivity index (χ4n) is 14.6. The van der Waals surface area contributed by atoms with E-state index in [0.29, 0.717) is 25.7 Å². The molecule has 0 fully saturated rings. The van der Waals surface area contributed by atoms with Gasteiger partial charge in [-0.15, -0.1) is 0 Å². The average Bonchev–Trinajstić information content (AvgIpc) is 0.900. The van der Waals surface area contributed by atoms with Crippen LogP contribution in [-0.4, -0.2) is 96.7 Å². The number of hydrogen-bond donors (Lipinski definition) is 3. The second kappa shape index (κ2) is 84.1. The summed E-state index contributed by atoms with van der Waals surface area (Å²) in [6.07, 6.45) is 79.6. The van der Waals surface area contributed by atoms with E-state index in [1.807, 2.05) is 0 Å². The lowest BCUT2D eigenvalue weighted by Crippen LogP contribution is -2.30. The van der Waals surface area contributed by atoms with Gasteiger partial charge < -0.3 is 33.8 Å². The minimum atomic E-state index is -4.97. The van der Waals surface area contributed by atoms with Crippen molar-refractivity contribution in [2.45, 2.75) is 522 Å². The first-order valence-electron chi connectivity index (χ1n) is 48.0. The van der Waals surface area contributed by atoms with Crippen LogP contribution in [0.4, 0.5) is 0 Å². The van der Waals surface area contributed by atoms with Crippen molar-refractivity contribution < 1.29 is 80.2 Å². The number of phosphoric ester groups is 2. The van der Waals surface area contributed by atoms with Crippen molar-refractivity contribution in [1.29, 1.82) is 0 Å². The van der Waals surface area contributed by atoms with E-state index in [1.54, 1.807) is 0 Å². The van der Waals surface area contributed by atoms with Crippen LogP contribution in [0.15, 0.2) is 0 Å². The zero-order valence-electron chi connectivity index (χ0n) is 74.0. The van der Waals surface area contributed by atoms with Crippen LogP contribution >= 0.6 is 15.6 Å². The standard InChI is InChI=1S/C93H182O17P2/c1-7-10-12-14-16-17-18-19-20-21-22-23-24-25-32-37-42-47-52-58-64-70-76-91(96)104-82-89(110-93(98)78-72-66-60-54-49-44-39-34-29-27-31-36-41-46-51-57-62-68-74-86(6)9-3)84-108-112(101,102)106-80-87(94)79-105-111(99,100)107-83-88(81-103-90(95)75-69-63-55-15-13-11-8-2)109-92(97)77-71-65-59-53-48-43-38-33-28-26-30-35-40-45-50-56-61-67-73-85(4)5/h85-89,94H,7-84H2,1-6H3,(H,99,100)(H,101,102)/t86?,87-,88+,89+/m0/s1. The molecule has 0 aromatic rings. The number of hydrogen-bond acceptors (Lipinski definition) is 15. The van der Waals surface area contributed by atoms with Crippen molar-refractivity contribution >= 4 is 39.5 Å². The molecular weight excluding hydrogens is 1450 g/mol. The predicted octanol–water partition coefficient (Wildman–Crippen LogP) is 29.0. The monoisotopic (exact) mass is 1630 g/mol. The maximum Gasteiger partial charge on any atom is 0.472 e. The maximum atomic E-state index is 13.2. The Kier molecular flexibility index (Phi) is 82.6. The van der Waals surface area contributed by atoms with Gasteiger partial charge in [-0.2, -0.15) is 0 Å². The van der Waals surface area contributed by atoms with E-state index >= 15 is 0 Å². The van der Waals surface area contributed by atoms with Crippen molar-refractivity contribution in [2.75, 3.05) is 39.6 Å². The largest absolute Gasteiger partial charge is 0.472 e. The Morgan fingerprint density at radius 3 is 0.679 bits per heavy atom. The molecular formula is C93H182O17P2. The summed E-state index contributed by atoms with van der Waals surface area (Å²) in [6, 6.07) is 0. The summed E-state index contributed by atoms with van der Waals surface area (Å²) in [5, 5.41) is 10.7. The van der Waals surface area contributed by atoms with Crippen molar-refractivity contribution in [3.8, 4) is 0 Å². The molecule has 0 saturated heterocycles. The minimum absolute atomic E-state index is 0.108. The Morgan fingerprint density at radius 1 is 0.259 bits per heavy atom. The first-order valence-corrected chi connectivity index (χ1v) is 51.0. The lowest BCUT2D eigenvalue weighted by atomic mass is 9.99. The molecule has 17 nitrogen and oxygen atoms in total. The van der Waals surface area contributed by atoms with Crippen LogP contribution in [0.2, 0.25) is 0 Å². The van der Waals surface area contributed by atoms with E-state index in [2.05, 4.69) is 41.5 Å². The van der Waals surface area contributed by atoms with Gasteiger partial charge in [0.25, 0.3) is 0 Å². The third-order valence-electron chi connectivity index (χ3n) is 22.3. The summed E-state index contributed by atoms with van der Waals surface area (Å²) in [6.45, 7) is 9.77. The van der Waals surface area contributed by atoms with Gasteiger partial charge in [0.1, 0.15) is 19.3 Å². The summed E-state index contributed by atoms with van der Waals surface area (Å²) < 4.78 is 69.0. The number of unbranched alkanes of at least 4 members (excludes halogenated alkanes) is 61. The maximum absolute atomic E-state index is 13.2. The van der Waals surface area contributed by atoms with Gasteiger partial charge in [0.2, 0.25) is 0 Å². The molecule has 0 radical (unpaired) electrons. The molecule has 0 aliphatic heterocycles. The van der Waals surface area contributed by atoms with E-state index in [1.165, 1.54) is 308 Å². The number of ether oxygens (including phenoxy) is 4. The molecule has 3 unspecified atom stereocenters. The number of carbonyl (C=O) groups is 4. The van der Waals surface area contributed by atoms with Crippen LogP contribution in [0, 0.1) is 11.8 Å². The van der Waals surface area contributed by atoms with Gasteiger partial charge in [0.05, 0.1) is 26.4 Å². The molecule has 0 heterocycles. The summed E-state index contributed by atoms with van der Waals surface area (Å²) in [7, 11) is -9.93. The van der Waals surface area contributed by atoms with Crippen molar-refractivity contribution in [2.24, 2.45) is 11.8 Å². The van der Waals surface area contributed by atoms with Gasteiger partial charge in [-0.1, -0.05) is 452 Å². The zero-order valence-corrected chi connectivity index (χ0v) is 75.8. The smallest absolute Gasteiger partial charge is 0.462 e. The van der Waals surface area contributed by atoms with Crippen molar-refractivity contribution in [1.82, 2.24) is 0 Å². The summed E-state index contributed by atoms with van der Waals surface area (Å²) in [5.74, 6) is -0.409. The van der Waals surface area contributed by atoms with Crippen LogP contribution < -0.4 is 0 Å². The Labute approximate surface area is 689 Å². The number of esters is 4. The molecule has 666 valence electrons. The molecule has 0 saturated carbocycles. The Morgan fingerprint density at radius 2 is 0.455 bits per heavy atom. The fourth-order valence-corrected chi connectivity index (χ4v) is 16.2. The van der Waals surface area contributed by atoms with Gasteiger partial charge in [-0.05, 0) is 37.5 Å². The summed E-state index contributed by atoms with van der Waals surface area (Å²) in [5.41, 5.74) is 0. The van der Waals surface area contributed by atoms with E-state index in [0.717, 1.165) is 115 Å². The lowest BCUT2D eigenvalue weighted by Gasteiger charge is -2.21. The van der Waals surface area contributed by atoms with E-state index in [-0.39, 0.29) is 25.7 Å². The highest BCUT2D eigenvalue weighted by Gasteiger charge is 2.31. The Balaban J connectivity index is 5.13.